The zero-order valence-electron chi connectivity index (χ0n) is 23.3. The van der Waals surface area contributed by atoms with E-state index in [1.165, 1.54) is 6.07 Å². The van der Waals surface area contributed by atoms with Crippen LogP contribution in [0.5, 0.6) is 0 Å². The Labute approximate surface area is 241 Å². The van der Waals surface area contributed by atoms with Gasteiger partial charge in [0, 0.05) is 56.5 Å². The van der Waals surface area contributed by atoms with Crippen molar-refractivity contribution in [2.45, 2.75) is 33.4 Å². The Bertz CT molecular complexity index is 1590. The van der Waals surface area contributed by atoms with E-state index in [-0.39, 0.29) is 22.7 Å². The van der Waals surface area contributed by atoms with Crippen molar-refractivity contribution in [2.24, 2.45) is 7.05 Å². The van der Waals surface area contributed by atoms with E-state index in [0.717, 1.165) is 35.1 Å². The largest absolute Gasteiger partial charge is 0.417 e. The Balaban J connectivity index is 1.43. The summed E-state index contributed by atoms with van der Waals surface area (Å²) in [6.07, 6.45) is -1.26. The van der Waals surface area contributed by atoms with Crippen LogP contribution in [0, 0.1) is 13.8 Å². The highest BCUT2D eigenvalue weighted by Gasteiger charge is 2.36. The number of halogens is 4. The molecule has 0 spiro atoms. The number of hydrogen-bond donors (Lipinski definition) is 0. The number of aromatic nitrogens is 5. The molecule has 1 saturated heterocycles. The standard InChI is InChI=1S/C29H31ClF3N7O/c1-5-38-8-10-39(11-9-38)26-15-21(14-23(28(26)30)29(31,32)33)27(41)13-20-7-6-18(2)25(12-20)40-17-24(35-36-40)22-16-34-37(4)19(22)3/h6-7,12,14-17H,5,8-11,13H2,1-4H3. The van der Waals surface area contributed by atoms with E-state index in [1.807, 2.05) is 44.9 Å². The van der Waals surface area contributed by atoms with E-state index < -0.39 is 17.5 Å². The molecule has 2 aromatic carbocycles. The summed E-state index contributed by atoms with van der Waals surface area (Å²) < 4.78 is 45.3. The Morgan fingerprint density at radius 2 is 1.78 bits per heavy atom. The summed E-state index contributed by atoms with van der Waals surface area (Å²) in [6.45, 7) is 9.25. The molecule has 4 aromatic rings. The van der Waals surface area contributed by atoms with Crippen molar-refractivity contribution in [3.05, 3.63) is 75.7 Å². The maximum Gasteiger partial charge on any atom is 0.417 e. The van der Waals surface area contributed by atoms with Crippen LogP contribution in [-0.2, 0) is 19.6 Å². The number of benzene rings is 2. The van der Waals surface area contributed by atoms with E-state index in [2.05, 4.69) is 20.3 Å². The first-order valence-electron chi connectivity index (χ1n) is 13.4. The molecule has 0 N–H and O–H groups in total. The summed E-state index contributed by atoms with van der Waals surface area (Å²) in [5.41, 5.74) is 3.95. The molecule has 0 saturated carbocycles. The van der Waals surface area contributed by atoms with Gasteiger partial charge in [-0.3, -0.25) is 9.48 Å². The van der Waals surface area contributed by atoms with Gasteiger partial charge in [-0.1, -0.05) is 35.9 Å². The van der Waals surface area contributed by atoms with Crippen molar-refractivity contribution in [1.82, 2.24) is 29.7 Å². The number of likely N-dealkylation sites (N-methyl/N-ethyl adjacent to an activating group) is 1. The van der Waals surface area contributed by atoms with Crippen molar-refractivity contribution >= 4 is 23.1 Å². The van der Waals surface area contributed by atoms with Crippen LogP contribution in [0.3, 0.4) is 0 Å². The van der Waals surface area contributed by atoms with E-state index in [4.69, 9.17) is 11.6 Å². The predicted molar refractivity (Wildman–Crippen MR) is 152 cm³/mol. The normalized spacial score (nSPS) is 14.6. The highest BCUT2D eigenvalue weighted by Crippen LogP contribution is 2.41. The van der Waals surface area contributed by atoms with Crippen LogP contribution in [0.1, 0.15) is 39.7 Å². The molecule has 0 unspecified atom stereocenters. The Hall–Kier alpha value is -3.70. The molecule has 0 aliphatic carbocycles. The number of Topliss-reactive ketones (excluding diaryl/α,β-unsaturated/α-hetero) is 1. The quantitative estimate of drug-likeness (QED) is 0.266. The Morgan fingerprint density at radius 3 is 2.41 bits per heavy atom. The average molecular weight is 586 g/mol. The molecule has 41 heavy (non-hydrogen) atoms. The van der Waals surface area contributed by atoms with Gasteiger partial charge in [0.05, 0.1) is 34.4 Å². The second-order valence-electron chi connectivity index (χ2n) is 10.3. The number of hydrogen-bond acceptors (Lipinski definition) is 6. The lowest BCUT2D eigenvalue weighted by Gasteiger charge is -2.36. The first-order valence-corrected chi connectivity index (χ1v) is 13.8. The zero-order valence-corrected chi connectivity index (χ0v) is 24.1. The smallest absolute Gasteiger partial charge is 0.368 e. The van der Waals surface area contributed by atoms with E-state index in [1.54, 1.807) is 27.8 Å². The monoisotopic (exact) mass is 585 g/mol. The van der Waals surface area contributed by atoms with Crippen LogP contribution in [0.4, 0.5) is 18.9 Å². The molecular formula is C29H31ClF3N7O. The van der Waals surface area contributed by atoms with Crippen molar-refractivity contribution in [1.29, 1.82) is 0 Å². The number of nitrogens with zero attached hydrogens (tertiary/aromatic N) is 7. The maximum atomic E-state index is 14.0. The van der Waals surface area contributed by atoms with Crippen LogP contribution < -0.4 is 4.90 Å². The first-order chi connectivity index (χ1) is 19.5. The molecule has 12 heteroatoms. The Kier molecular flexibility index (Phi) is 7.93. The molecule has 0 amide bonds. The number of carbonyl (C=O) groups excluding carboxylic acids is 1. The minimum atomic E-state index is -4.69. The summed E-state index contributed by atoms with van der Waals surface area (Å²) in [4.78, 5) is 17.5. The number of rotatable bonds is 7. The van der Waals surface area contributed by atoms with Gasteiger partial charge in [0.15, 0.2) is 5.78 Å². The topological polar surface area (TPSA) is 72.1 Å². The highest BCUT2D eigenvalue weighted by molar-refractivity contribution is 6.34. The lowest BCUT2D eigenvalue weighted by Crippen LogP contribution is -2.46. The molecule has 5 rings (SSSR count). The molecule has 216 valence electrons. The molecule has 1 aliphatic heterocycles. The van der Waals surface area contributed by atoms with Gasteiger partial charge in [-0.2, -0.15) is 18.3 Å². The summed E-state index contributed by atoms with van der Waals surface area (Å²) >= 11 is 6.29. The molecule has 8 nitrogen and oxygen atoms in total. The second kappa shape index (κ2) is 11.3. The lowest BCUT2D eigenvalue weighted by molar-refractivity contribution is -0.137. The van der Waals surface area contributed by atoms with Crippen LogP contribution in [-0.4, -0.2) is 68.2 Å². The molecule has 2 aromatic heterocycles. The van der Waals surface area contributed by atoms with Gasteiger partial charge in [0.25, 0.3) is 0 Å². The second-order valence-corrected chi connectivity index (χ2v) is 10.7. The highest BCUT2D eigenvalue weighted by atomic mass is 35.5. The number of carbonyl (C=O) groups is 1. The van der Waals surface area contributed by atoms with Gasteiger partial charge in [-0.05, 0) is 49.7 Å². The number of alkyl halides is 3. The number of piperazine rings is 1. The van der Waals surface area contributed by atoms with Gasteiger partial charge in [-0.15, -0.1) is 5.10 Å². The molecule has 3 heterocycles. The van der Waals surface area contributed by atoms with Crippen molar-refractivity contribution in [3.8, 4) is 16.9 Å². The van der Waals surface area contributed by atoms with Crippen LogP contribution >= 0.6 is 11.6 Å². The molecule has 1 fully saturated rings. The predicted octanol–water partition coefficient (Wildman–Crippen LogP) is 5.52. The third kappa shape index (κ3) is 5.87. The minimum absolute atomic E-state index is 0.0214. The summed E-state index contributed by atoms with van der Waals surface area (Å²) in [5.74, 6) is -0.430. The van der Waals surface area contributed by atoms with Gasteiger partial charge in [0.2, 0.25) is 0 Å². The van der Waals surface area contributed by atoms with Crippen LogP contribution in [0.15, 0.2) is 42.7 Å². The summed E-state index contributed by atoms with van der Waals surface area (Å²) in [5, 5.41) is 12.4. The minimum Gasteiger partial charge on any atom is -0.368 e. The lowest BCUT2D eigenvalue weighted by atomic mass is 9.98. The van der Waals surface area contributed by atoms with Crippen molar-refractivity contribution in [3.63, 3.8) is 0 Å². The average Bonchev–Trinajstić information content (AvgIpc) is 3.55. The zero-order chi connectivity index (χ0) is 29.5. The fraction of sp³-hybridized carbons (Fsp3) is 0.379. The molecule has 0 atom stereocenters. The maximum absolute atomic E-state index is 14.0. The molecule has 0 radical (unpaired) electrons. The number of anilines is 1. The number of aryl methyl sites for hydroxylation is 2. The molecule has 1 aliphatic rings. The molecular weight excluding hydrogens is 555 g/mol. The van der Waals surface area contributed by atoms with Gasteiger partial charge in [0.1, 0.15) is 5.69 Å². The van der Waals surface area contributed by atoms with E-state index in [0.29, 0.717) is 37.4 Å². The Morgan fingerprint density at radius 1 is 1.05 bits per heavy atom. The fourth-order valence-electron chi connectivity index (χ4n) is 5.07. The van der Waals surface area contributed by atoms with Gasteiger partial charge < -0.3 is 9.80 Å². The first kappa shape index (κ1) is 28.8. The van der Waals surface area contributed by atoms with E-state index >= 15 is 0 Å². The van der Waals surface area contributed by atoms with Gasteiger partial charge in [-0.25, -0.2) is 4.68 Å². The number of ketones is 1. The SMILES string of the molecule is CCN1CCN(c2cc(C(=O)Cc3ccc(C)c(-n4cc(-c5cnn(C)c5C)nn4)c3)cc(C(F)(F)F)c2Cl)CC1. The van der Waals surface area contributed by atoms with E-state index in [9.17, 15) is 18.0 Å². The third-order valence-corrected chi connectivity index (χ3v) is 8.13. The summed E-state index contributed by atoms with van der Waals surface area (Å²) in [7, 11) is 1.85. The summed E-state index contributed by atoms with van der Waals surface area (Å²) in [6, 6.07) is 7.83. The van der Waals surface area contributed by atoms with Gasteiger partial charge >= 0.3 is 6.18 Å². The third-order valence-electron chi connectivity index (χ3n) is 7.73. The van der Waals surface area contributed by atoms with Crippen molar-refractivity contribution in [2.75, 3.05) is 37.6 Å². The van der Waals surface area contributed by atoms with Crippen molar-refractivity contribution < 1.29 is 18.0 Å². The molecule has 0 bridgehead atoms. The van der Waals surface area contributed by atoms with Crippen LogP contribution in [0.25, 0.3) is 16.9 Å². The fourth-order valence-corrected chi connectivity index (χ4v) is 5.40. The van der Waals surface area contributed by atoms with Crippen LogP contribution in [0.2, 0.25) is 5.02 Å².